The molecule has 0 saturated carbocycles. The number of nitrogens with zero attached hydrogens (tertiary/aromatic N) is 1. The predicted molar refractivity (Wildman–Crippen MR) is 101 cm³/mol. The lowest BCUT2D eigenvalue weighted by atomic mass is 10.2. The lowest BCUT2D eigenvalue weighted by Gasteiger charge is -2.10. The number of imidazole rings is 1. The third-order valence-corrected chi connectivity index (χ3v) is 4.27. The van der Waals surface area contributed by atoms with Gasteiger partial charge in [0.25, 0.3) is 5.91 Å². The van der Waals surface area contributed by atoms with Gasteiger partial charge in [0.2, 0.25) is 0 Å². The highest BCUT2D eigenvalue weighted by Gasteiger charge is 2.08. The molecule has 134 valence electrons. The van der Waals surface area contributed by atoms with Crippen LogP contribution in [0.15, 0.2) is 53.5 Å². The highest BCUT2D eigenvalue weighted by Crippen LogP contribution is 2.21. The van der Waals surface area contributed by atoms with Gasteiger partial charge in [-0.25, -0.2) is 4.79 Å². The third-order valence-electron chi connectivity index (χ3n) is 3.85. The van der Waals surface area contributed by atoms with E-state index in [1.807, 2.05) is 13.8 Å². The average molecular weight is 372 g/mol. The molecule has 26 heavy (non-hydrogen) atoms. The van der Waals surface area contributed by atoms with Gasteiger partial charge >= 0.3 is 5.69 Å². The number of benzene rings is 2. The summed E-state index contributed by atoms with van der Waals surface area (Å²) in [6.07, 6.45) is 1.63. The van der Waals surface area contributed by atoms with E-state index in [2.05, 4.69) is 10.3 Å². The van der Waals surface area contributed by atoms with Crippen LogP contribution in [0, 0.1) is 13.8 Å². The molecule has 0 atom stereocenters. The van der Waals surface area contributed by atoms with Crippen molar-refractivity contribution >= 4 is 23.2 Å². The number of aryl methyl sites for hydroxylation is 2. The minimum atomic E-state index is -0.298. The third kappa shape index (κ3) is 3.97. The first-order valence-electron chi connectivity index (χ1n) is 8.00. The van der Waals surface area contributed by atoms with Gasteiger partial charge in [-0.15, -0.1) is 0 Å². The molecular formula is C19H18ClN3O3. The van der Waals surface area contributed by atoms with Gasteiger partial charge in [0, 0.05) is 22.6 Å². The second kappa shape index (κ2) is 7.49. The second-order valence-corrected chi connectivity index (χ2v) is 6.28. The SMILES string of the molecule is Cc1cc(OCC(=O)Nc2cccc(-n3c(C)c[nH]c3=O)c2)ccc1Cl. The summed E-state index contributed by atoms with van der Waals surface area (Å²) in [4.78, 5) is 26.6. The number of hydrogen-bond donors (Lipinski definition) is 2. The zero-order valence-corrected chi connectivity index (χ0v) is 15.1. The Balaban J connectivity index is 1.67. The molecule has 6 nitrogen and oxygen atoms in total. The number of amides is 1. The van der Waals surface area contributed by atoms with Crippen LogP contribution in [0.3, 0.4) is 0 Å². The van der Waals surface area contributed by atoms with Crippen molar-refractivity contribution in [2.45, 2.75) is 13.8 Å². The minimum absolute atomic E-state index is 0.131. The van der Waals surface area contributed by atoms with E-state index in [1.54, 1.807) is 48.7 Å². The van der Waals surface area contributed by atoms with E-state index in [4.69, 9.17) is 16.3 Å². The largest absolute Gasteiger partial charge is 0.484 e. The summed E-state index contributed by atoms with van der Waals surface area (Å²) >= 11 is 5.97. The molecule has 3 rings (SSSR count). The fourth-order valence-electron chi connectivity index (χ4n) is 2.55. The summed E-state index contributed by atoms with van der Waals surface area (Å²) in [5.41, 5.74) is 2.67. The summed E-state index contributed by atoms with van der Waals surface area (Å²) in [5, 5.41) is 3.41. The Morgan fingerprint density at radius 3 is 2.73 bits per heavy atom. The molecular weight excluding hydrogens is 354 g/mol. The molecule has 0 spiro atoms. The van der Waals surface area contributed by atoms with Gasteiger partial charge in [-0.1, -0.05) is 17.7 Å². The Kier molecular flexibility index (Phi) is 5.14. The highest BCUT2D eigenvalue weighted by atomic mass is 35.5. The van der Waals surface area contributed by atoms with E-state index in [0.29, 0.717) is 22.1 Å². The normalized spacial score (nSPS) is 10.6. The van der Waals surface area contributed by atoms with E-state index < -0.39 is 0 Å². The molecule has 7 heteroatoms. The number of anilines is 1. The Hall–Kier alpha value is -2.99. The van der Waals surface area contributed by atoms with Crippen LogP contribution < -0.4 is 15.7 Å². The highest BCUT2D eigenvalue weighted by molar-refractivity contribution is 6.31. The molecule has 0 aliphatic carbocycles. The number of H-pyrrole nitrogens is 1. The first-order chi connectivity index (χ1) is 12.4. The molecule has 1 aromatic heterocycles. The molecule has 2 N–H and O–H groups in total. The van der Waals surface area contributed by atoms with Crippen LogP contribution >= 0.6 is 11.6 Å². The summed E-state index contributed by atoms with van der Waals surface area (Å²) < 4.78 is 7.02. The van der Waals surface area contributed by atoms with Crippen molar-refractivity contribution in [1.82, 2.24) is 9.55 Å². The van der Waals surface area contributed by atoms with Crippen LogP contribution in [0.2, 0.25) is 5.02 Å². The molecule has 1 heterocycles. The van der Waals surface area contributed by atoms with Crippen molar-refractivity contribution in [3.8, 4) is 11.4 Å². The summed E-state index contributed by atoms with van der Waals surface area (Å²) in [6.45, 7) is 3.56. The first kappa shape index (κ1) is 17.8. The number of carbonyl (C=O) groups excluding carboxylic acids is 1. The fourth-order valence-corrected chi connectivity index (χ4v) is 2.67. The molecule has 0 saturated heterocycles. The van der Waals surface area contributed by atoms with Crippen molar-refractivity contribution in [1.29, 1.82) is 0 Å². The molecule has 0 bridgehead atoms. The Morgan fingerprint density at radius 2 is 2.04 bits per heavy atom. The lowest BCUT2D eigenvalue weighted by molar-refractivity contribution is -0.118. The number of ether oxygens (including phenoxy) is 1. The number of halogens is 1. The maximum absolute atomic E-state index is 12.1. The van der Waals surface area contributed by atoms with Crippen molar-refractivity contribution in [2.75, 3.05) is 11.9 Å². The van der Waals surface area contributed by atoms with Gasteiger partial charge in [0.05, 0.1) is 5.69 Å². The average Bonchev–Trinajstić information content (AvgIpc) is 2.95. The van der Waals surface area contributed by atoms with Crippen molar-refractivity contribution in [2.24, 2.45) is 0 Å². The molecule has 2 aromatic carbocycles. The summed E-state index contributed by atoms with van der Waals surface area (Å²) in [6, 6.07) is 12.3. The van der Waals surface area contributed by atoms with Crippen LogP contribution in [0.5, 0.6) is 5.75 Å². The van der Waals surface area contributed by atoms with Gasteiger partial charge in [-0.05, 0) is 55.8 Å². The fraction of sp³-hybridized carbons (Fsp3) is 0.158. The van der Waals surface area contributed by atoms with Gasteiger partial charge in [0.15, 0.2) is 6.61 Å². The molecule has 0 radical (unpaired) electrons. The number of aromatic nitrogens is 2. The van der Waals surface area contributed by atoms with Crippen LogP contribution in [0.1, 0.15) is 11.3 Å². The monoisotopic (exact) mass is 371 g/mol. The van der Waals surface area contributed by atoms with Gasteiger partial charge in [0.1, 0.15) is 5.75 Å². The van der Waals surface area contributed by atoms with Crippen molar-refractivity contribution in [3.63, 3.8) is 0 Å². The van der Waals surface area contributed by atoms with Crippen molar-refractivity contribution < 1.29 is 9.53 Å². The number of carbonyl (C=O) groups is 1. The maximum atomic E-state index is 12.1. The predicted octanol–water partition coefficient (Wildman–Crippen LogP) is 3.45. The molecule has 1 amide bonds. The lowest BCUT2D eigenvalue weighted by Crippen LogP contribution is -2.21. The van der Waals surface area contributed by atoms with Gasteiger partial charge in [-0.3, -0.25) is 9.36 Å². The molecule has 0 fully saturated rings. The van der Waals surface area contributed by atoms with E-state index >= 15 is 0 Å². The standard InChI is InChI=1S/C19H18ClN3O3/c1-12-8-16(6-7-17(12)20)26-11-18(24)22-14-4-3-5-15(9-14)23-13(2)10-21-19(23)25/h3-10H,11H2,1-2H3,(H,21,25)(H,22,24). The quantitative estimate of drug-likeness (QED) is 0.721. The Morgan fingerprint density at radius 1 is 1.23 bits per heavy atom. The van der Waals surface area contributed by atoms with E-state index in [-0.39, 0.29) is 18.2 Å². The van der Waals surface area contributed by atoms with Crippen LogP contribution in [0.4, 0.5) is 5.69 Å². The Bertz CT molecular complexity index is 1010. The smallest absolute Gasteiger partial charge is 0.330 e. The molecule has 3 aromatic rings. The maximum Gasteiger partial charge on any atom is 0.330 e. The molecule has 0 aliphatic rings. The van der Waals surface area contributed by atoms with Gasteiger partial charge < -0.3 is 15.0 Å². The number of hydrogen-bond acceptors (Lipinski definition) is 3. The van der Waals surface area contributed by atoms with Gasteiger partial charge in [-0.2, -0.15) is 0 Å². The first-order valence-corrected chi connectivity index (χ1v) is 8.38. The number of aromatic amines is 1. The number of nitrogens with one attached hydrogen (secondary N) is 2. The van der Waals surface area contributed by atoms with E-state index in [1.165, 1.54) is 4.57 Å². The minimum Gasteiger partial charge on any atom is -0.484 e. The Labute approximate surface area is 155 Å². The number of rotatable bonds is 5. The molecule has 0 unspecified atom stereocenters. The zero-order valence-electron chi connectivity index (χ0n) is 14.4. The summed E-state index contributed by atoms with van der Waals surface area (Å²) in [5.74, 6) is 0.276. The van der Waals surface area contributed by atoms with Crippen LogP contribution in [0.25, 0.3) is 5.69 Å². The van der Waals surface area contributed by atoms with Crippen LogP contribution in [-0.2, 0) is 4.79 Å². The van der Waals surface area contributed by atoms with E-state index in [0.717, 1.165) is 11.3 Å². The zero-order chi connectivity index (χ0) is 18.7. The van der Waals surface area contributed by atoms with Crippen molar-refractivity contribution in [3.05, 3.63) is 75.4 Å². The van der Waals surface area contributed by atoms with E-state index in [9.17, 15) is 9.59 Å². The molecule has 0 aliphatic heterocycles. The second-order valence-electron chi connectivity index (χ2n) is 5.87. The topological polar surface area (TPSA) is 76.1 Å². The summed E-state index contributed by atoms with van der Waals surface area (Å²) in [7, 11) is 0. The van der Waals surface area contributed by atoms with Crippen LogP contribution in [-0.4, -0.2) is 22.1 Å².